The lowest BCUT2D eigenvalue weighted by molar-refractivity contribution is 0.113. The Kier molecular flexibility index (Phi) is 5.19. The van der Waals surface area contributed by atoms with Crippen molar-refractivity contribution in [3.8, 4) is 11.8 Å². The number of benzene rings is 2. The third-order valence-electron chi connectivity index (χ3n) is 3.11. The van der Waals surface area contributed by atoms with E-state index in [1.165, 1.54) is 0 Å². The number of anilines is 1. The normalized spacial score (nSPS) is 11.5. The average molecular weight is 282 g/mol. The summed E-state index contributed by atoms with van der Waals surface area (Å²) >= 11 is 0. The summed E-state index contributed by atoms with van der Waals surface area (Å²) in [4.78, 5) is 1.98. The molecular formula is C17H18N2O2. The number of ether oxygens (including phenoxy) is 1. The molecule has 4 nitrogen and oxygen atoms in total. The van der Waals surface area contributed by atoms with E-state index in [2.05, 4.69) is 6.07 Å². The van der Waals surface area contributed by atoms with Crippen molar-refractivity contribution >= 4 is 5.69 Å². The van der Waals surface area contributed by atoms with Crippen molar-refractivity contribution in [1.29, 1.82) is 5.26 Å². The highest BCUT2D eigenvalue weighted by Gasteiger charge is 2.09. The van der Waals surface area contributed by atoms with Crippen LogP contribution in [0.15, 0.2) is 54.6 Å². The number of nitrogens with zero attached hydrogens (tertiary/aromatic N) is 2. The van der Waals surface area contributed by atoms with Gasteiger partial charge in [-0.25, -0.2) is 0 Å². The van der Waals surface area contributed by atoms with E-state index in [4.69, 9.17) is 10.00 Å². The minimum atomic E-state index is -0.592. The number of likely N-dealkylation sites (N-methyl/N-ethyl adjacent to an activating group) is 1. The molecule has 0 aliphatic heterocycles. The van der Waals surface area contributed by atoms with E-state index in [0.717, 1.165) is 5.69 Å². The van der Waals surface area contributed by atoms with Crippen LogP contribution in [0.3, 0.4) is 0 Å². The monoisotopic (exact) mass is 282 g/mol. The molecule has 0 aliphatic carbocycles. The Morgan fingerprint density at radius 1 is 1.14 bits per heavy atom. The smallest absolute Gasteiger partial charge is 0.119 e. The van der Waals surface area contributed by atoms with Crippen LogP contribution >= 0.6 is 0 Å². The summed E-state index contributed by atoms with van der Waals surface area (Å²) in [6.07, 6.45) is -0.592. The van der Waals surface area contributed by atoms with Crippen LogP contribution in [0.5, 0.6) is 5.75 Å². The molecule has 4 heteroatoms. The molecule has 0 aliphatic rings. The highest BCUT2D eigenvalue weighted by molar-refractivity contribution is 5.45. The third kappa shape index (κ3) is 4.51. The van der Waals surface area contributed by atoms with Crippen LogP contribution in [0.2, 0.25) is 0 Å². The predicted octanol–water partition coefficient (Wildman–Crippen LogP) is 2.43. The number of hydrogen-bond acceptors (Lipinski definition) is 4. The van der Waals surface area contributed by atoms with Crippen molar-refractivity contribution in [1.82, 2.24) is 0 Å². The minimum Gasteiger partial charge on any atom is -0.491 e. The molecule has 0 fully saturated rings. The molecule has 0 radical (unpaired) electrons. The number of rotatable bonds is 6. The molecule has 0 amide bonds. The highest BCUT2D eigenvalue weighted by atomic mass is 16.5. The van der Waals surface area contributed by atoms with Gasteiger partial charge in [-0.05, 0) is 36.4 Å². The largest absolute Gasteiger partial charge is 0.491 e. The van der Waals surface area contributed by atoms with Gasteiger partial charge < -0.3 is 14.7 Å². The summed E-state index contributed by atoms with van der Waals surface area (Å²) in [7, 11) is 1.93. The summed E-state index contributed by atoms with van der Waals surface area (Å²) in [5.41, 5.74) is 1.64. The lowest BCUT2D eigenvalue weighted by Gasteiger charge is -2.22. The van der Waals surface area contributed by atoms with Gasteiger partial charge in [-0.2, -0.15) is 5.26 Å². The molecule has 2 aromatic carbocycles. The minimum absolute atomic E-state index is 0.211. The number of hydrogen-bond donors (Lipinski definition) is 1. The molecule has 2 rings (SSSR count). The maximum Gasteiger partial charge on any atom is 0.119 e. The van der Waals surface area contributed by atoms with Crippen molar-refractivity contribution in [3.05, 3.63) is 60.2 Å². The molecule has 21 heavy (non-hydrogen) atoms. The molecule has 0 saturated heterocycles. The van der Waals surface area contributed by atoms with Gasteiger partial charge in [0.1, 0.15) is 18.5 Å². The van der Waals surface area contributed by atoms with Gasteiger partial charge in [0.2, 0.25) is 0 Å². The van der Waals surface area contributed by atoms with Gasteiger partial charge in [-0.3, -0.25) is 0 Å². The standard InChI is InChI=1S/C17H18N2O2/c1-19(15-5-3-2-4-6-15)12-16(20)13-21-17-9-7-14(11-18)8-10-17/h2-10,16,20H,12-13H2,1H3. The summed E-state index contributed by atoms with van der Waals surface area (Å²) in [6, 6.07) is 18.8. The fourth-order valence-corrected chi connectivity index (χ4v) is 1.97. The topological polar surface area (TPSA) is 56.5 Å². The first kappa shape index (κ1) is 14.9. The van der Waals surface area contributed by atoms with Crippen molar-refractivity contribution < 1.29 is 9.84 Å². The van der Waals surface area contributed by atoms with Crippen molar-refractivity contribution in [2.45, 2.75) is 6.10 Å². The molecule has 1 N–H and O–H groups in total. The van der Waals surface area contributed by atoms with E-state index >= 15 is 0 Å². The first-order valence-electron chi connectivity index (χ1n) is 6.76. The van der Waals surface area contributed by atoms with Gasteiger partial charge in [-0.15, -0.1) is 0 Å². The lowest BCUT2D eigenvalue weighted by atomic mass is 10.2. The Labute approximate surface area is 124 Å². The van der Waals surface area contributed by atoms with E-state index in [1.807, 2.05) is 42.3 Å². The number of nitriles is 1. The Morgan fingerprint density at radius 2 is 1.81 bits per heavy atom. The molecule has 0 saturated carbocycles. The molecule has 1 unspecified atom stereocenters. The molecule has 108 valence electrons. The van der Waals surface area contributed by atoms with Crippen molar-refractivity contribution in [3.63, 3.8) is 0 Å². The van der Waals surface area contributed by atoms with Crippen LogP contribution < -0.4 is 9.64 Å². The zero-order valence-corrected chi connectivity index (χ0v) is 11.9. The van der Waals surface area contributed by atoms with Crippen LogP contribution in [0.1, 0.15) is 5.56 Å². The third-order valence-corrected chi connectivity index (χ3v) is 3.11. The summed E-state index contributed by atoms with van der Waals surface area (Å²) in [5.74, 6) is 0.649. The van der Waals surface area contributed by atoms with Crippen LogP contribution in [0.25, 0.3) is 0 Å². The van der Waals surface area contributed by atoms with Gasteiger partial charge in [-0.1, -0.05) is 18.2 Å². The number of para-hydroxylation sites is 1. The molecular weight excluding hydrogens is 264 g/mol. The van der Waals surface area contributed by atoms with Gasteiger partial charge in [0.25, 0.3) is 0 Å². The Hall–Kier alpha value is -2.51. The maximum atomic E-state index is 10.0. The molecule has 0 bridgehead atoms. The second-order valence-corrected chi connectivity index (χ2v) is 4.82. The summed E-state index contributed by atoms with van der Waals surface area (Å²) < 4.78 is 5.52. The number of aliphatic hydroxyl groups is 1. The van der Waals surface area contributed by atoms with Crippen LogP contribution in [0.4, 0.5) is 5.69 Å². The lowest BCUT2D eigenvalue weighted by Crippen LogP contribution is -2.33. The number of aliphatic hydroxyl groups excluding tert-OH is 1. The molecule has 0 aromatic heterocycles. The predicted molar refractivity (Wildman–Crippen MR) is 82.4 cm³/mol. The maximum absolute atomic E-state index is 10.0. The van der Waals surface area contributed by atoms with E-state index in [-0.39, 0.29) is 6.61 Å². The molecule has 1 atom stereocenters. The van der Waals surface area contributed by atoms with Gasteiger partial charge in [0.05, 0.1) is 11.6 Å². The van der Waals surface area contributed by atoms with Gasteiger partial charge >= 0.3 is 0 Å². The van der Waals surface area contributed by atoms with Crippen LogP contribution in [0, 0.1) is 11.3 Å². The average Bonchev–Trinajstić information content (AvgIpc) is 2.54. The first-order valence-corrected chi connectivity index (χ1v) is 6.76. The van der Waals surface area contributed by atoms with Crippen LogP contribution in [-0.2, 0) is 0 Å². The SMILES string of the molecule is CN(CC(O)COc1ccc(C#N)cc1)c1ccccc1. The Balaban J connectivity index is 1.81. The quantitative estimate of drug-likeness (QED) is 0.884. The van der Waals surface area contributed by atoms with Crippen molar-refractivity contribution in [2.75, 3.05) is 25.1 Å². The molecule has 2 aromatic rings. The zero-order valence-electron chi connectivity index (χ0n) is 11.9. The summed E-state index contributed by atoms with van der Waals surface area (Å²) in [6.45, 7) is 0.698. The fraction of sp³-hybridized carbons (Fsp3) is 0.235. The van der Waals surface area contributed by atoms with E-state index in [0.29, 0.717) is 17.9 Å². The van der Waals surface area contributed by atoms with Crippen LogP contribution in [-0.4, -0.2) is 31.4 Å². The fourth-order valence-electron chi connectivity index (χ4n) is 1.97. The Bertz CT molecular complexity index is 590. The first-order chi connectivity index (χ1) is 10.2. The Morgan fingerprint density at radius 3 is 2.43 bits per heavy atom. The second-order valence-electron chi connectivity index (χ2n) is 4.82. The van der Waals surface area contributed by atoms with Gasteiger partial charge in [0, 0.05) is 19.3 Å². The van der Waals surface area contributed by atoms with E-state index in [1.54, 1.807) is 24.3 Å². The molecule has 0 heterocycles. The molecule has 0 spiro atoms. The zero-order chi connectivity index (χ0) is 15.1. The van der Waals surface area contributed by atoms with E-state index in [9.17, 15) is 5.11 Å². The summed E-state index contributed by atoms with van der Waals surface area (Å²) in [5, 5.41) is 18.7. The van der Waals surface area contributed by atoms with E-state index < -0.39 is 6.10 Å². The second kappa shape index (κ2) is 7.32. The van der Waals surface area contributed by atoms with Crippen molar-refractivity contribution in [2.24, 2.45) is 0 Å². The van der Waals surface area contributed by atoms with Gasteiger partial charge in [0.15, 0.2) is 0 Å². The highest BCUT2D eigenvalue weighted by Crippen LogP contribution is 2.13.